The van der Waals surface area contributed by atoms with E-state index in [0.717, 1.165) is 70.8 Å². The number of anilines is 1. The Morgan fingerprint density at radius 2 is 1.69 bits per heavy atom. The number of aliphatic imine (C=N–C) groups is 1. The number of benzene rings is 1. The zero-order valence-corrected chi connectivity index (χ0v) is 19.7. The third-order valence-corrected chi connectivity index (χ3v) is 6.05. The van der Waals surface area contributed by atoms with Crippen LogP contribution in [0, 0.1) is 0 Å². The number of piperazine rings is 1. The van der Waals surface area contributed by atoms with Crippen LogP contribution in [0.4, 0.5) is 5.95 Å². The van der Waals surface area contributed by atoms with Gasteiger partial charge in [-0.2, -0.15) is 0 Å². The van der Waals surface area contributed by atoms with Crippen LogP contribution in [0.25, 0.3) is 0 Å². The summed E-state index contributed by atoms with van der Waals surface area (Å²) in [5.41, 5.74) is 1.33. The fourth-order valence-electron chi connectivity index (χ4n) is 4.17. The minimum atomic E-state index is 0.318. The molecule has 1 aromatic carbocycles. The number of hydrogen-bond acceptors (Lipinski definition) is 6. The minimum Gasteiger partial charge on any atom is -0.355 e. The molecule has 2 N–H and O–H groups in total. The second-order valence-electron chi connectivity index (χ2n) is 7.91. The lowest BCUT2D eigenvalue weighted by atomic mass is 10.1. The van der Waals surface area contributed by atoms with E-state index in [2.05, 4.69) is 84.5 Å². The largest absolute Gasteiger partial charge is 0.355 e. The van der Waals surface area contributed by atoms with Crippen molar-refractivity contribution in [2.75, 3.05) is 70.9 Å². The Kier molecular flexibility index (Phi) is 9.71. The van der Waals surface area contributed by atoms with Crippen molar-refractivity contribution in [3.8, 4) is 0 Å². The Morgan fingerprint density at radius 1 is 1.00 bits per heavy atom. The molecule has 0 bridgehead atoms. The summed E-state index contributed by atoms with van der Waals surface area (Å²) in [4.78, 5) is 20.4. The standard InChI is InChI=1S/C24H38N8/c1-4-31(5-2)22(21-10-7-6-8-11-21)20-29-23(25-3)26-14-15-30-16-18-32(19-17-30)24-27-12-9-13-28-24/h6-13,22H,4-5,14-20H2,1-3H3,(H2,25,26,29). The van der Waals surface area contributed by atoms with Crippen LogP contribution in [0.1, 0.15) is 25.5 Å². The smallest absolute Gasteiger partial charge is 0.225 e. The lowest BCUT2D eigenvalue weighted by molar-refractivity contribution is 0.219. The Bertz CT molecular complexity index is 786. The minimum absolute atomic E-state index is 0.318. The molecular formula is C24H38N8. The van der Waals surface area contributed by atoms with Gasteiger partial charge in [0.15, 0.2) is 5.96 Å². The molecule has 1 atom stereocenters. The molecular weight excluding hydrogens is 400 g/mol. The van der Waals surface area contributed by atoms with Crippen molar-refractivity contribution < 1.29 is 0 Å². The molecule has 1 fully saturated rings. The van der Waals surface area contributed by atoms with Crippen molar-refractivity contribution in [2.45, 2.75) is 19.9 Å². The fourth-order valence-corrected chi connectivity index (χ4v) is 4.17. The van der Waals surface area contributed by atoms with Crippen LogP contribution in [0.5, 0.6) is 0 Å². The monoisotopic (exact) mass is 438 g/mol. The van der Waals surface area contributed by atoms with Crippen LogP contribution in [0.15, 0.2) is 53.8 Å². The predicted molar refractivity (Wildman–Crippen MR) is 132 cm³/mol. The van der Waals surface area contributed by atoms with Gasteiger partial charge in [-0.3, -0.25) is 14.8 Å². The molecule has 2 heterocycles. The van der Waals surface area contributed by atoms with E-state index in [1.54, 1.807) is 12.4 Å². The molecule has 8 heteroatoms. The van der Waals surface area contributed by atoms with Gasteiger partial charge >= 0.3 is 0 Å². The maximum Gasteiger partial charge on any atom is 0.225 e. The molecule has 1 aliphatic rings. The average Bonchev–Trinajstić information content (AvgIpc) is 2.86. The highest BCUT2D eigenvalue weighted by atomic mass is 15.3. The highest BCUT2D eigenvalue weighted by Gasteiger charge is 2.19. The Hall–Kier alpha value is -2.71. The molecule has 32 heavy (non-hydrogen) atoms. The van der Waals surface area contributed by atoms with Gasteiger partial charge in [-0.15, -0.1) is 0 Å². The molecule has 0 radical (unpaired) electrons. The van der Waals surface area contributed by atoms with Crippen LogP contribution < -0.4 is 15.5 Å². The molecule has 1 saturated heterocycles. The second kappa shape index (κ2) is 13.0. The van der Waals surface area contributed by atoms with E-state index >= 15 is 0 Å². The lowest BCUT2D eigenvalue weighted by Crippen LogP contribution is -2.50. The molecule has 0 aliphatic carbocycles. The Labute approximate surface area is 192 Å². The molecule has 174 valence electrons. The first kappa shape index (κ1) is 23.9. The van der Waals surface area contributed by atoms with E-state index in [1.807, 2.05) is 13.1 Å². The zero-order valence-electron chi connectivity index (χ0n) is 19.7. The van der Waals surface area contributed by atoms with Crippen molar-refractivity contribution in [1.29, 1.82) is 0 Å². The van der Waals surface area contributed by atoms with Crippen LogP contribution >= 0.6 is 0 Å². The lowest BCUT2D eigenvalue weighted by Gasteiger charge is -2.34. The molecule has 8 nitrogen and oxygen atoms in total. The maximum absolute atomic E-state index is 4.43. The highest BCUT2D eigenvalue weighted by molar-refractivity contribution is 5.79. The quantitative estimate of drug-likeness (QED) is 0.433. The highest BCUT2D eigenvalue weighted by Crippen LogP contribution is 2.19. The third kappa shape index (κ3) is 6.90. The zero-order chi connectivity index (χ0) is 22.6. The number of guanidine groups is 1. The van der Waals surface area contributed by atoms with Gasteiger partial charge in [-0.25, -0.2) is 9.97 Å². The first-order chi connectivity index (χ1) is 15.7. The molecule has 3 rings (SSSR count). The Morgan fingerprint density at radius 3 is 2.31 bits per heavy atom. The van der Waals surface area contributed by atoms with Gasteiger partial charge in [0.2, 0.25) is 5.95 Å². The number of hydrogen-bond donors (Lipinski definition) is 2. The number of nitrogens with zero attached hydrogens (tertiary/aromatic N) is 6. The van der Waals surface area contributed by atoms with Crippen molar-refractivity contribution in [1.82, 2.24) is 30.4 Å². The fraction of sp³-hybridized carbons (Fsp3) is 0.542. The first-order valence-electron chi connectivity index (χ1n) is 11.7. The van der Waals surface area contributed by atoms with E-state index in [0.29, 0.717) is 6.04 Å². The second-order valence-corrected chi connectivity index (χ2v) is 7.91. The van der Waals surface area contributed by atoms with Crippen molar-refractivity contribution >= 4 is 11.9 Å². The molecule has 0 saturated carbocycles. The van der Waals surface area contributed by atoms with Gasteiger partial charge in [0.25, 0.3) is 0 Å². The molecule has 1 aromatic heterocycles. The maximum atomic E-state index is 4.43. The first-order valence-corrected chi connectivity index (χ1v) is 11.7. The molecule has 2 aromatic rings. The van der Waals surface area contributed by atoms with Gasteiger partial charge in [-0.05, 0) is 24.7 Å². The SMILES string of the molecule is CCN(CC)C(CNC(=NC)NCCN1CCN(c2ncccn2)CC1)c1ccccc1. The average molecular weight is 439 g/mol. The van der Waals surface area contributed by atoms with E-state index in [-0.39, 0.29) is 0 Å². The molecule has 1 aliphatic heterocycles. The molecule has 1 unspecified atom stereocenters. The summed E-state index contributed by atoms with van der Waals surface area (Å²) in [5.74, 6) is 1.69. The predicted octanol–water partition coefficient (Wildman–Crippen LogP) is 1.85. The Balaban J connectivity index is 1.42. The summed E-state index contributed by atoms with van der Waals surface area (Å²) >= 11 is 0. The van der Waals surface area contributed by atoms with E-state index in [1.165, 1.54) is 5.56 Å². The summed E-state index contributed by atoms with van der Waals surface area (Å²) in [7, 11) is 1.84. The number of likely N-dealkylation sites (N-methyl/N-ethyl adjacent to an activating group) is 1. The van der Waals surface area contributed by atoms with E-state index < -0.39 is 0 Å². The summed E-state index contributed by atoms with van der Waals surface area (Å²) < 4.78 is 0. The topological polar surface area (TPSA) is 71.9 Å². The summed E-state index contributed by atoms with van der Waals surface area (Å²) in [5, 5.41) is 7.02. The van der Waals surface area contributed by atoms with Crippen LogP contribution in [0.3, 0.4) is 0 Å². The van der Waals surface area contributed by atoms with Crippen molar-refractivity contribution in [3.63, 3.8) is 0 Å². The van der Waals surface area contributed by atoms with Gasteiger partial charge in [0.05, 0.1) is 6.04 Å². The normalized spacial score (nSPS) is 16.2. The summed E-state index contributed by atoms with van der Waals surface area (Å²) in [6, 6.07) is 12.9. The molecule has 0 spiro atoms. The van der Waals surface area contributed by atoms with E-state index in [4.69, 9.17) is 0 Å². The van der Waals surface area contributed by atoms with E-state index in [9.17, 15) is 0 Å². The summed E-state index contributed by atoms with van der Waals surface area (Å²) in [6.45, 7) is 13.1. The van der Waals surface area contributed by atoms with Gasteiger partial charge < -0.3 is 15.5 Å². The third-order valence-electron chi connectivity index (χ3n) is 6.05. The van der Waals surface area contributed by atoms with Gasteiger partial charge in [0, 0.05) is 65.3 Å². The number of aromatic nitrogens is 2. The summed E-state index contributed by atoms with van der Waals surface area (Å²) in [6.07, 6.45) is 3.61. The van der Waals surface area contributed by atoms with Gasteiger partial charge in [-0.1, -0.05) is 44.2 Å². The van der Waals surface area contributed by atoms with Crippen molar-refractivity contribution in [2.24, 2.45) is 4.99 Å². The van der Waals surface area contributed by atoms with Crippen LogP contribution in [-0.4, -0.2) is 91.7 Å². The van der Waals surface area contributed by atoms with Gasteiger partial charge in [0.1, 0.15) is 0 Å². The van der Waals surface area contributed by atoms with Crippen molar-refractivity contribution in [3.05, 3.63) is 54.4 Å². The number of rotatable bonds is 10. The molecule has 0 amide bonds. The van der Waals surface area contributed by atoms with Crippen LogP contribution in [0.2, 0.25) is 0 Å². The number of nitrogens with one attached hydrogen (secondary N) is 2. The van der Waals surface area contributed by atoms with Crippen LogP contribution in [-0.2, 0) is 0 Å².